The highest BCUT2D eigenvalue weighted by Crippen LogP contribution is 2.27. The fourth-order valence-electron chi connectivity index (χ4n) is 3.94. The largest absolute Gasteiger partial charge is 0.488 e. The SMILES string of the molecule is Cc1cc(CC[C@@H](OC(=O)N2CCCCC2)C(=O)O)cc(C)c1OCc1ccccc1. The minimum atomic E-state index is -1.15. The van der Waals surface area contributed by atoms with Crippen LogP contribution in [0.1, 0.15) is 47.9 Å². The number of carboxylic acids is 1. The smallest absolute Gasteiger partial charge is 0.410 e. The predicted molar refractivity (Wildman–Crippen MR) is 118 cm³/mol. The van der Waals surface area contributed by atoms with Gasteiger partial charge < -0.3 is 19.5 Å². The maximum atomic E-state index is 12.3. The zero-order valence-corrected chi connectivity index (χ0v) is 18.3. The highest BCUT2D eigenvalue weighted by atomic mass is 16.6. The Balaban J connectivity index is 1.58. The number of benzene rings is 2. The number of nitrogens with zero attached hydrogens (tertiary/aromatic N) is 1. The standard InChI is InChI=1S/C25H31NO5/c1-18-15-21(16-19(2)23(18)30-17-20-9-5-3-6-10-20)11-12-22(24(27)28)31-25(29)26-13-7-4-8-14-26/h3,5-6,9-10,15-16,22H,4,7-8,11-14,17H2,1-2H3,(H,27,28)/t22-/m1/s1. The molecule has 1 saturated heterocycles. The van der Waals surface area contributed by atoms with E-state index in [-0.39, 0.29) is 6.42 Å². The van der Waals surface area contributed by atoms with Crippen LogP contribution in [0.15, 0.2) is 42.5 Å². The van der Waals surface area contributed by atoms with Gasteiger partial charge in [0.1, 0.15) is 12.4 Å². The normalized spacial score (nSPS) is 14.7. The summed E-state index contributed by atoms with van der Waals surface area (Å²) in [6.45, 7) is 5.74. The van der Waals surface area contributed by atoms with Crippen LogP contribution in [0.25, 0.3) is 0 Å². The molecule has 1 fully saturated rings. The summed E-state index contributed by atoms with van der Waals surface area (Å²) in [4.78, 5) is 25.5. The molecule has 2 aromatic carbocycles. The summed E-state index contributed by atoms with van der Waals surface area (Å²) < 4.78 is 11.3. The van der Waals surface area contributed by atoms with Gasteiger partial charge in [-0.3, -0.25) is 0 Å². The molecule has 0 aliphatic carbocycles. The summed E-state index contributed by atoms with van der Waals surface area (Å²) in [6, 6.07) is 14.0. The van der Waals surface area contributed by atoms with Gasteiger partial charge in [-0.25, -0.2) is 9.59 Å². The van der Waals surface area contributed by atoms with Gasteiger partial charge in [0.25, 0.3) is 0 Å². The van der Waals surface area contributed by atoms with Crippen LogP contribution in [0, 0.1) is 13.8 Å². The summed E-state index contributed by atoms with van der Waals surface area (Å²) in [5, 5.41) is 9.51. The number of aryl methyl sites for hydroxylation is 3. The number of carboxylic acid groups (broad SMARTS) is 1. The molecule has 166 valence electrons. The van der Waals surface area contributed by atoms with E-state index in [1.807, 2.05) is 56.3 Å². The fraction of sp³-hybridized carbons (Fsp3) is 0.440. The third-order valence-corrected chi connectivity index (χ3v) is 5.57. The Labute approximate surface area is 183 Å². The van der Waals surface area contributed by atoms with Crippen LogP contribution in [0.3, 0.4) is 0 Å². The quantitative estimate of drug-likeness (QED) is 0.652. The summed E-state index contributed by atoms with van der Waals surface area (Å²) in [7, 11) is 0. The molecular formula is C25H31NO5. The van der Waals surface area contributed by atoms with E-state index < -0.39 is 18.2 Å². The lowest BCUT2D eigenvalue weighted by Crippen LogP contribution is -2.40. The Hall–Kier alpha value is -3.02. The molecule has 0 aromatic heterocycles. The summed E-state index contributed by atoms with van der Waals surface area (Å²) in [5.74, 6) is -0.263. The average Bonchev–Trinajstić information content (AvgIpc) is 2.77. The molecule has 1 amide bonds. The minimum Gasteiger partial charge on any atom is -0.488 e. The Morgan fingerprint density at radius 2 is 1.65 bits per heavy atom. The first kappa shape index (κ1) is 22.7. The second-order valence-electron chi connectivity index (χ2n) is 8.13. The predicted octanol–water partition coefficient (Wildman–Crippen LogP) is 4.89. The number of piperidine rings is 1. The number of carbonyl (C=O) groups excluding carboxylic acids is 1. The Morgan fingerprint density at radius 3 is 2.26 bits per heavy atom. The van der Waals surface area contributed by atoms with Crippen LogP contribution in [-0.2, 0) is 22.6 Å². The summed E-state index contributed by atoms with van der Waals surface area (Å²) >= 11 is 0. The second kappa shape index (κ2) is 10.8. The molecule has 3 rings (SSSR count). The summed E-state index contributed by atoms with van der Waals surface area (Å²) in [5.41, 5.74) is 4.11. The van der Waals surface area contributed by atoms with Crippen molar-refractivity contribution in [3.05, 3.63) is 64.7 Å². The maximum absolute atomic E-state index is 12.3. The van der Waals surface area contributed by atoms with Crippen molar-refractivity contribution in [2.75, 3.05) is 13.1 Å². The lowest BCUT2D eigenvalue weighted by molar-refractivity contribution is -0.147. The van der Waals surface area contributed by atoms with Crippen LogP contribution in [0.4, 0.5) is 4.79 Å². The van der Waals surface area contributed by atoms with Crippen molar-refractivity contribution in [2.45, 2.75) is 58.7 Å². The Morgan fingerprint density at radius 1 is 1.00 bits per heavy atom. The van der Waals surface area contributed by atoms with E-state index >= 15 is 0 Å². The van der Waals surface area contributed by atoms with Gasteiger partial charge in [0.05, 0.1) is 0 Å². The molecule has 6 heteroatoms. The molecule has 31 heavy (non-hydrogen) atoms. The van der Waals surface area contributed by atoms with Gasteiger partial charge >= 0.3 is 12.1 Å². The van der Waals surface area contributed by atoms with Gasteiger partial charge in [0.15, 0.2) is 0 Å². The molecule has 0 spiro atoms. The third kappa shape index (κ3) is 6.48. The summed E-state index contributed by atoms with van der Waals surface area (Å²) in [6.07, 6.45) is 2.03. The van der Waals surface area contributed by atoms with Crippen LogP contribution < -0.4 is 4.74 Å². The van der Waals surface area contributed by atoms with Crippen molar-refractivity contribution >= 4 is 12.1 Å². The maximum Gasteiger partial charge on any atom is 0.410 e. The van der Waals surface area contributed by atoms with Crippen LogP contribution in [0.2, 0.25) is 0 Å². The van der Waals surface area contributed by atoms with Crippen molar-refractivity contribution in [1.82, 2.24) is 4.90 Å². The number of rotatable bonds is 8. The molecule has 2 aromatic rings. The topological polar surface area (TPSA) is 76.1 Å². The molecule has 1 heterocycles. The van der Waals surface area contributed by atoms with Crippen molar-refractivity contribution in [1.29, 1.82) is 0 Å². The highest BCUT2D eigenvalue weighted by Gasteiger charge is 2.26. The monoisotopic (exact) mass is 425 g/mol. The molecule has 0 saturated carbocycles. The van der Waals surface area contributed by atoms with Crippen molar-refractivity contribution in [3.8, 4) is 5.75 Å². The van der Waals surface area contributed by atoms with Crippen LogP contribution in [-0.4, -0.2) is 41.3 Å². The van der Waals surface area contributed by atoms with Crippen LogP contribution >= 0.6 is 0 Å². The van der Waals surface area contributed by atoms with E-state index in [0.29, 0.717) is 26.1 Å². The first-order chi connectivity index (χ1) is 14.9. The second-order valence-corrected chi connectivity index (χ2v) is 8.13. The zero-order chi connectivity index (χ0) is 22.2. The van der Waals surface area contributed by atoms with Crippen molar-refractivity contribution < 1.29 is 24.2 Å². The number of amides is 1. The molecule has 1 N–H and O–H groups in total. The molecule has 0 unspecified atom stereocenters. The molecule has 0 radical (unpaired) electrons. The van der Waals surface area contributed by atoms with E-state index in [9.17, 15) is 14.7 Å². The van der Waals surface area contributed by atoms with Crippen LogP contribution in [0.5, 0.6) is 5.75 Å². The van der Waals surface area contributed by atoms with Crippen molar-refractivity contribution in [3.63, 3.8) is 0 Å². The molecule has 0 bridgehead atoms. The van der Waals surface area contributed by atoms with E-state index in [1.165, 1.54) is 0 Å². The van der Waals surface area contributed by atoms with E-state index in [2.05, 4.69) is 0 Å². The average molecular weight is 426 g/mol. The Bertz CT molecular complexity index is 867. The molecular weight excluding hydrogens is 394 g/mol. The van der Waals surface area contributed by atoms with Crippen molar-refractivity contribution in [2.24, 2.45) is 0 Å². The van der Waals surface area contributed by atoms with Gasteiger partial charge in [0, 0.05) is 13.1 Å². The number of hydrogen-bond donors (Lipinski definition) is 1. The number of hydrogen-bond acceptors (Lipinski definition) is 4. The molecule has 1 aliphatic rings. The molecule has 1 atom stereocenters. The Kier molecular flexibility index (Phi) is 7.93. The van der Waals surface area contributed by atoms with Gasteiger partial charge in [-0.05, 0) is 68.2 Å². The number of ether oxygens (including phenoxy) is 2. The minimum absolute atomic E-state index is 0.234. The fourth-order valence-corrected chi connectivity index (χ4v) is 3.94. The van der Waals surface area contributed by atoms with Gasteiger partial charge in [-0.1, -0.05) is 42.5 Å². The molecule has 6 nitrogen and oxygen atoms in total. The van der Waals surface area contributed by atoms with E-state index in [1.54, 1.807) is 4.90 Å². The number of aliphatic carboxylic acids is 1. The lowest BCUT2D eigenvalue weighted by atomic mass is 10.0. The van der Waals surface area contributed by atoms with Gasteiger partial charge in [-0.15, -0.1) is 0 Å². The third-order valence-electron chi connectivity index (χ3n) is 5.57. The number of likely N-dealkylation sites (tertiary alicyclic amines) is 1. The number of carbonyl (C=O) groups is 2. The van der Waals surface area contributed by atoms with Gasteiger partial charge in [0.2, 0.25) is 6.10 Å². The highest BCUT2D eigenvalue weighted by molar-refractivity contribution is 5.77. The lowest BCUT2D eigenvalue weighted by Gasteiger charge is -2.27. The first-order valence-corrected chi connectivity index (χ1v) is 10.9. The zero-order valence-electron chi connectivity index (χ0n) is 18.3. The van der Waals surface area contributed by atoms with Gasteiger partial charge in [-0.2, -0.15) is 0 Å². The first-order valence-electron chi connectivity index (χ1n) is 10.9. The molecule has 1 aliphatic heterocycles. The van der Waals surface area contributed by atoms with E-state index in [4.69, 9.17) is 9.47 Å². The van der Waals surface area contributed by atoms with E-state index in [0.717, 1.165) is 47.3 Å².